The first-order valence-electron chi connectivity index (χ1n) is 9.45. The molecule has 24 heavy (non-hydrogen) atoms. The fraction of sp³-hybridized carbons (Fsp3) is 1.00. The summed E-state index contributed by atoms with van der Waals surface area (Å²) in [6.07, 6.45) is 0.533. The van der Waals surface area contributed by atoms with Crippen LogP contribution in [0.1, 0.15) is 41.5 Å². The minimum absolute atomic E-state index is 0. The molecule has 2 unspecified atom stereocenters. The minimum Gasteiger partial charge on any atom is -1.00 e. The van der Waals surface area contributed by atoms with Gasteiger partial charge in [-0.1, -0.05) is 0 Å². The van der Waals surface area contributed by atoms with Gasteiger partial charge >= 0.3 is 0 Å². The first kappa shape index (κ1) is 27.5. The summed E-state index contributed by atoms with van der Waals surface area (Å²) in [6.45, 7) is 24.5. The number of likely N-dealkylation sites (N-methyl/N-ethyl adjacent to an activating group) is 2. The molecule has 1 aliphatic rings. The quantitative estimate of drug-likeness (QED) is 0.201. The van der Waals surface area contributed by atoms with Crippen LogP contribution in [-0.4, -0.2) is 86.7 Å². The van der Waals surface area contributed by atoms with Crippen molar-refractivity contribution in [2.24, 2.45) is 0 Å². The van der Waals surface area contributed by atoms with Crippen LogP contribution in [0.3, 0.4) is 0 Å². The summed E-state index contributed by atoms with van der Waals surface area (Å²) in [7, 11) is 0. The van der Waals surface area contributed by atoms with Gasteiger partial charge in [-0.25, -0.2) is 0 Å². The van der Waals surface area contributed by atoms with Crippen molar-refractivity contribution in [3.05, 3.63) is 0 Å². The summed E-state index contributed by atoms with van der Waals surface area (Å²) < 4.78 is 14.6. The van der Waals surface area contributed by atoms with Gasteiger partial charge in [0.1, 0.15) is 25.3 Å². The maximum atomic E-state index is 6.18. The van der Waals surface area contributed by atoms with E-state index >= 15 is 0 Å². The lowest BCUT2D eigenvalue weighted by Gasteiger charge is -2.42. The molecule has 1 saturated heterocycles. The number of hydrogen-bond donors (Lipinski definition) is 0. The molecule has 0 saturated carbocycles. The van der Waals surface area contributed by atoms with E-state index in [9.17, 15) is 0 Å². The van der Waals surface area contributed by atoms with Crippen molar-refractivity contribution in [1.29, 1.82) is 0 Å². The van der Waals surface area contributed by atoms with E-state index in [1.54, 1.807) is 0 Å². The molecule has 0 radical (unpaired) electrons. The molecule has 0 bridgehead atoms. The Labute approximate surface area is 184 Å². The Kier molecular flexibility index (Phi) is 15.4. The van der Waals surface area contributed by atoms with Gasteiger partial charge in [-0.2, -0.15) is 0 Å². The van der Waals surface area contributed by atoms with Crippen LogP contribution in [0.5, 0.6) is 0 Å². The van der Waals surface area contributed by atoms with Crippen molar-refractivity contribution in [2.45, 2.75) is 53.8 Å². The zero-order chi connectivity index (χ0) is 16.6. The summed E-state index contributed by atoms with van der Waals surface area (Å²) in [5.74, 6) is 0. The highest BCUT2D eigenvalue weighted by Gasteiger charge is 2.34. The van der Waals surface area contributed by atoms with Crippen molar-refractivity contribution in [2.75, 3.05) is 65.6 Å². The van der Waals surface area contributed by atoms with E-state index in [1.165, 1.54) is 39.3 Å². The van der Waals surface area contributed by atoms with Crippen LogP contribution >= 0.6 is 0 Å². The van der Waals surface area contributed by atoms with Crippen molar-refractivity contribution in [1.82, 2.24) is 0 Å². The Morgan fingerprint density at radius 2 is 0.833 bits per heavy atom. The van der Waals surface area contributed by atoms with Gasteiger partial charge in [0.25, 0.3) is 0 Å². The second kappa shape index (κ2) is 13.5. The van der Waals surface area contributed by atoms with E-state index in [-0.39, 0.29) is 60.2 Å². The van der Waals surface area contributed by atoms with Crippen molar-refractivity contribution in [3.63, 3.8) is 0 Å². The van der Waals surface area contributed by atoms with Gasteiger partial charge in [-0.15, -0.1) is 0 Å². The molecule has 0 spiro atoms. The topological polar surface area (TPSA) is 18.5 Å². The Hall–Kier alpha value is 1.30. The molecule has 1 heterocycles. The second-order valence-electron chi connectivity index (χ2n) is 6.86. The molecule has 0 N–H and O–H groups in total. The van der Waals surface area contributed by atoms with Crippen LogP contribution in [0.4, 0.5) is 0 Å². The van der Waals surface area contributed by atoms with Gasteiger partial charge in [0.2, 0.25) is 0 Å². The zero-order valence-corrected chi connectivity index (χ0v) is 21.0. The molecule has 6 heteroatoms. The third kappa shape index (κ3) is 7.50. The number of halogens is 2. The standard InChI is InChI=1S/C18H40N2O2.2HI/c1-7-19(8-2,9-3)13-17-15-22-18(16-21-17)14-20(10-4,11-5)12-6;;/h17-18H,7-16H2,1-6H3;2*1H/q+2;;/p-2. The largest absolute Gasteiger partial charge is 1.00 e. The predicted molar refractivity (Wildman–Crippen MR) is 93.0 cm³/mol. The summed E-state index contributed by atoms with van der Waals surface area (Å²) in [6, 6.07) is 0. The number of nitrogens with zero attached hydrogens (tertiary/aromatic N) is 2. The summed E-state index contributed by atoms with van der Waals surface area (Å²) in [4.78, 5) is 0. The van der Waals surface area contributed by atoms with Gasteiger partial charge in [0, 0.05) is 0 Å². The molecule has 2 atom stereocenters. The molecule has 1 rings (SSSR count). The predicted octanol–water partition coefficient (Wildman–Crippen LogP) is -3.47. The number of hydrogen-bond acceptors (Lipinski definition) is 2. The highest BCUT2D eigenvalue weighted by molar-refractivity contribution is 4.68. The van der Waals surface area contributed by atoms with Crippen molar-refractivity contribution >= 4 is 0 Å². The van der Waals surface area contributed by atoms with Crippen LogP contribution in [-0.2, 0) is 9.47 Å². The first-order valence-corrected chi connectivity index (χ1v) is 9.45. The Bertz CT molecular complexity index is 257. The Balaban J connectivity index is 0. The van der Waals surface area contributed by atoms with E-state index in [1.807, 2.05) is 0 Å². The van der Waals surface area contributed by atoms with E-state index in [0.717, 1.165) is 35.3 Å². The van der Waals surface area contributed by atoms with Gasteiger partial charge in [-0.05, 0) is 41.5 Å². The van der Waals surface area contributed by atoms with E-state index in [0.29, 0.717) is 0 Å². The summed E-state index contributed by atoms with van der Waals surface area (Å²) >= 11 is 0. The first-order chi connectivity index (χ1) is 10.5. The van der Waals surface area contributed by atoms with Crippen LogP contribution < -0.4 is 48.0 Å². The van der Waals surface area contributed by atoms with Gasteiger partial charge in [-0.3, -0.25) is 0 Å². The third-order valence-corrected chi connectivity index (χ3v) is 6.24. The normalized spacial score (nSPS) is 21.8. The molecule has 148 valence electrons. The molecule has 0 amide bonds. The summed E-state index contributed by atoms with van der Waals surface area (Å²) in [5.41, 5.74) is 0. The summed E-state index contributed by atoms with van der Waals surface area (Å²) in [5, 5.41) is 0. The van der Waals surface area contributed by atoms with E-state index in [4.69, 9.17) is 9.47 Å². The molecule has 0 aromatic rings. The second-order valence-corrected chi connectivity index (χ2v) is 6.86. The average molecular weight is 570 g/mol. The lowest BCUT2D eigenvalue weighted by molar-refractivity contribution is -0.929. The molecule has 0 aliphatic carbocycles. The lowest BCUT2D eigenvalue weighted by atomic mass is 10.2. The monoisotopic (exact) mass is 570 g/mol. The van der Waals surface area contributed by atoms with Crippen LogP contribution in [0.25, 0.3) is 0 Å². The Morgan fingerprint density at radius 1 is 0.583 bits per heavy atom. The molecule has 4 nitrogen and oxygen atoms in total. The lowest BCUT2D eigenvalue weighted by Crippen LogP contribution is -3.00. The molecular formula is C18H40I2N2O2. The van der Waals surface area contributed by atoms with Crippen LogP contribution in [0.2, 0.25) is 0 Å². The maximum Gasteiger partial charge on any atom is 0.130 e. The van der Waals surface area contributed by atoms with Gasteiger partial charge in [0.15, 0.2) is 0 Å². The SMILES string of the molecule is CC[N+](CC)(CC)CC1COC(C[N+](CC)(CC)CC)CO1.[I-].[I-]. The maximum absolute atomic E-state index is 6.18. The molecular weight excluding hydrogens is 530 g/mol. The van der Waals surface area contributed by atoms with Crippen molar-refractivity contribution < 1.29 is 66.4 Å². The van der Waals surface area contributed by atoms with Crippen LogP contribution in [0.15, 0.2) is 0 Å². The van der Waals surface area contributed by atoms with Gasteiger partial charge < -0.3 is 66.4 Å². The van der Waals surface area contributed by atoms with E-state index in [2.05, 4.69) is 41.5 Å². The highest BCUT2D eigenvalue weighted by atomic mass is 127. The third-order valence-electron chi connectivity index (χ3n) is 6.24. The number of quaternary nitrogens is 2. The molecule has 0 aromatic heterocycles. The fourth-order valence-electron chi connectivity index (χ4n) is 3.77. The smallest absolute Gasteiger partial charge is 0.130 e. The Morgan fingerprint density at radius 3 is 1.00 bits per heavy atom. The average Bonchev–Trinajstić information content (AvgIpc) is 2.59. The molecule has 1 fully saturated rings. The van der Waals surface area contributed by atoms with Crippen molar-refractivity contribution in [3.8, 4) is 0 Å². The molecule has 1 aliphatic heterocycles. The van der Waals surface area contributed by atoms with Gasteiger partial charge in [0.05, 0.1) is 52.5 Å². The fourth-order valence-corrected chi connectivity index (χ4v) is 3.77. The molecule has 0 aromatic carbocycles. The minimum atomic E-state index is 0. The zero-order valence-electron chi connectivity index (χ0n) is 16.7. The van der Waals surface area contributed by atoms with E-state index < -0.39 is 0 Å². The van der Waals surface area contributed by atoms with Crippen LogP contribution in [0, 0.1) is 0 Å². The number of rotatable bonds is 10. The number of ether oxygens (including phenoxy) is 2. The highest BCUT2D eigenvalue weighted by Crippen LogP contribution is 2.17.